The Bertz CT molecular complexity index is 671. The van der Waals surface area contributed by atoms with Gasteiger partial charge < -0.3 is 19.7 Å². The number of benzene rings is 1. The number of carbonyl (C=O) groups excluding carboxylic acids is 1. The molecule has 86 valence electrons. The van der Waals surface area contributed by atoms with E-state index >= 15 is 0 Å². The quantitative estimate of drug-likeness (QED) is 0.658. The minimum atomic E-state index is -0.253. The molecule has 0 fully saturated rings. The Morgan fingerprint density at radius 1 is 1.18 bits per heavy atom. The van der Waals surface area contributed by atoms with E-state index in [1.165, 1.54) is 12.5 Å². The topological polar surface area (TPSA) is 89.6 Å². The molecule has 0 aliphatic carbocycles. The molecule has 0 aliphatic rings. The zero-order valence-corrected chi connectivity index (χ0v) is 8.77. The molecule has 0 bridgehead atoms. The lowest BCUT2D eigenvalue weighted by molar-refractivity contribution is 0.100. The highest BCUT2D eigenvalue weighted by Gasteiger charge is 2.21. The smallest absolute Gasteiger partial charge is 0.180 e. The van der Waals surface area contributed by atoms with E-state index < -0.39 is 0 Å². The van der Waals surface area contributed by atoms with Crippen LogP contribution >= 0.6 is 0 Å². The van der Waals surface area contributed by atoms with Crippen molar-refractivity contribution >= 4 is 27.7 Å². The van der Waals surface area contributed by atoms with Gasteiger partial charge in [0.2, 0.25) is 0 Å². The predicted octanol–water partition coefficient (Wildman–Crippen LogP) is 2.03. The number of Topliss-reactive ketones (excluding diaryl/α,β-unsaturated/α-hetero) is 1. The van der Waals surface area contributed by atoms with Crippen molar-refractivity contribution < 1.29 is 18.7 Å². The Morgan fingerprint density at radius 2 is 1.82 bits per heavy atom. The van der Waals surface area contributed by atoms with Crippen molar-refractivity contribution in [1.82, 2.24) is 0 Å². The molecule has 0 radical (unpaired) electrons. The molecule has 5 heteroatoms. The summed E-state index contributed by atoms with van der Waals surface area (Å²) in [5.41, 5.74) is 6.35. The zero-order valence-electron chi connectivity index (χ0n) is 8.77. The number of rotatable bonds is 2. The largest absolute Gasteiger partial charge is 0.504 e. The minimum Gasteiger partial charge on any atom is -0.504 e. The van der Waals surface area contributed by atoms with Crippen LogP contribution in [0.5, 0.6) is 5.75 Å². The third-order valence-corrected chi connectivity index (χ3v) is 2.76. The summed E-state index contributed by atoms with van der Waals surface area (Å²) in [6, 6.07) is 3.19. The van der Waals surface area contributed by atoms with E-state index in [0.717, 1.165) is 0 Å². The summed E-state index contributed by atoms with van der Waals surface area (Å²) >= 11 is 0. The van der Waals surface area contributed by atoms with Gasteiger partial charge in [-0.2, -0.15) is 0 Å². The molecule has 0 atom stereocenters. The van der Waals surface area contributed by atoms with Gasteiger partial charge >= 0.3 is 0 Å². The van der Waals surface area contributed by atoms with E-state index in [-0.39, 0.29) is 23.7 Å². The van der Waals surface area contributed by atoms with E-state index in [4.69, 9.17) is 14.6 Å². The molecule has 3 aromatic rings. The van der Waals surface area contributed by atoms with Crippen molar-refractivity contribution in [2.45, 2.75) is 0 Å². The lowest BCUT2D eigenvalue weighted by Gasteiger charge is -2.03. The number of nitrogens with two attached hydrogens (primary N) is 1. The van der Waals surface area contributed by atoms with Crippen LogP contribution in [-0.4, -0.2) is 17.4 Å². The highest BCUT2D eigenvalue weighted by atomic mass is 16.4. The van der Waals surface area contributed by atoms with Crippen LogP contribution in [0.15, 0.2) is 33.5 Å². The lowest BCUT2D eigenvalue weighted by Crippen LogP contribution is -2.14. The second-order valence-corrected chi connectivity index (χ2v) is 3.68. The van der Waals surface area contributed by atoms with Gasteiger partial charge in [0.25, 0.3) is 0 Å². The van der Waals surface area contributed by atoms with Gasteiger partial charge in [-0.1, -0.05) is 0 Å². The number of hydrogen-bond donors (Lipinski definition) is 2. The summed E-state index contributed by atoms with van der Waals surface area (Å²) in [6.07, 6.45) is 2.83. The van der Waals surface area contributed by atoms with Gasteiger partial charge in [-0.15, -0.1) is 0 Å². The lowest BCUT2D eigenvalue weighted by atomic mass is 10.0. The summed E-state index contributed by atoms with van der Waals surface area (Å²) in [7, 11) is 0. The molecule has 2 aromatic heterocycles. The van der Waals surface area contributed by atoms with Crippen LogP contribution in [0.3, 0.4) is 0 Å². The van der Waals surface area contributed by atoms with Gasteiger partial charge in [0.1, 0.15) is 5.58 Å². The summed E-state index contributed by atoms with van der Waals surface area (Å²) in [6.45, 7) is -0.124. The van der Waals surface area contributed by atoms with E-state index in [9.17, 15) is 9.90 Å². The molecule has 0 aliphatic heterocycles. The van der Waals surface area contributed by atoms with Crippen molar-refractivity contribution in [3.05, 3.63) is 30.2 Å². The SMILES string of the molecule is NCC(=O)c1c2ccoc2c(O)c2ccoc12. The van der Waals surface area contributed by atoms with E-state index in [2.05, 4.69) is 0 Å². The average Bonchev–Trinajstić information content (AvgIpc) is 2.96. The Hall–Kier alpha value is -2.27. The number of carbonyl (C=O) groups is 1. The van der Waals surface area contributed by atoms with Crippen molar-refractivity contribution in [1.29, 1.82) is 0 Å². The molecular weight excluding hydrogens is 222 g/mol. The predicted molar refractivity (Wildman–Crippen MR) is 61.0 cm³/mol. The molecule has 1 aromatic carbocycles. The highest BCUT2D eigenvalue weighted by Crippen LogP contribution is 2.38. The van der Waals surface area contributed by atoms with E-state index in [1.54, 1.807) is 12.1 Å². The zero-order chi connectivity index (χ0) is 12.0. The number of aromatic hydroxyl groups is 1. The number of fused-ring (bicyclic) bond motifs is 2. The summed E-state index contributed by atoms with van der Waals surface area (Å²) in [4.78, 5) is 11.8. The molecule has 0 spiro atoms. The fraction of sp³-hybridized carbons (Fsp3) is 0.0833. The molecule has 17 heavy (non-hydrogen) atoms. The van der Waals surface area contributed by atoms with E-state index in [1.807, 2.05) is 0 Å². The van der Waals surface area contributed by atoms with Crippen molar-refractivity contribution in [3.63, 3.8) is 0 Å². The van der Waals surface area contributed by atoms with Crippen LogP contribution in [0.2, 0.25) is 0 Å². The van der Waals surface area contributed by atoms with Crippen molar-refractivity contribution in [3.8, 4) is 5.75 Å². The Kier molecular flexibility index (Phi) is 1.96. The van der Waals surface area contributed by atoms with Crippen LogP contribution in [0.1, 0.15) is 10.4 Å². The van der Waals surface area contributed by atoms with Gasteiger partial charge in [-0.05, 0) is 12.1 Å². The van der Waals surface area contributed by atoms with Gasteiger partial charge in [0.05, 0.1) is 30.0 Å². The first kappa shape index (κ1) is 9.92. The maximum Gasteiger partial charge on any atom is 0.180 e. The molecule has 0 amide bonds. The normalized spacial score (nSPS) is 11.4. The van der Waals surface area contributed by atoms with Gasteiger partial charge in [-0.25, -0.2) is 0 Å². The van der Waals surface area contributed by atoms with E-state index in [0.29, 0.717) is 21.9 Å². The molecule has 5 nitrogen and oxygen atoms in total. The molecule has 0 unspecified atom stereocenters. The summed E-state index contributed by atoms with van der Waals surface area (Å²) in [5.74, 6) is -0.279. The number of furan rings is 2. The Balaban J connectivity index is 2.57. The maximum atomic E-state index is 11.8. The number of hydrogen-bond acceptors (Lipinski definition) is 5. The fourth-order valence-corrected chi connectivity index (χ4v) is 2.00. The monoisotopic (exact) mass is 231 g/mol. The highest BCUT2D eigenvalue weighted by molar-refractivity contribution is 6.19. The van der Waals surface area contributed by atoms with Gasteiger partial charge in [-0.3, -0.25) is 4.79 Å². The van der Waals surface area contributed by atoms with Gasteiger partial charge in [0.15, 0.2) is 17.1 Å². The molecule has 0 saturated heterocycles. The number of phenolic OH excluding ortho intramolecular Hbond substituents is 1. The van der Waals surface area contributed by atoms with Crippen LogP contribution < -0.4 is 5.73 Å². The summed E-state index contributed by atoms with van der Waals surface area (Å²) in [5, 5.41) is 10.9. The Morgan fingerprint density at radius 3 is 2.53 bits per heavy atom. The van der Waals surface area contributed by atoms with Crippen LogP contribution in [0.25, 0.3) is 21.9 Å². The standard InChI is InChI=1S/C12H9NO4/c13-5-8(14)9-6-1-3-17-12(6)10(15)7-2-4-16-11(7)9/h1-4,15H,5,13H2. The second kappa shape index (κ2) is 3.36. The number of ketones is 1. The summed E-state index contributed by atoms with van der Waals surface area (Å²) < 4.78 is 10.4. The first-order valence-electron chi connectivity index (χ1n) is 5.06. The van der Waals surface area contributed by atoms with Gasteiger partial charge in [0, 0.05) is 5.39 Å². The Labute approximate surface area is 95.4 Å². The maximum absolute atomic E-state index is 11.8. The minimum absolute atomic E-state index is 0.0256. The van der Waals surface area contributed by atoms with Crippen LogP contribution in [0.4, 0.5) is 0 Å². The van der Waals surface area contributed by atoms with Crippen LogP contribution in [0, 0.1) is 0 Å². The second-order valence-electron chi connectivity index (χ2n) is 3.68. The number of phenols is 1. The first-order chi connectivity index (χ1) is 8.24. The third kappa shape index (κ3) is 1.20. The molecular formula is C12H9NO4. The average molecular weight is 231 g/mol. The molecule has 3 rings (SSSR count). The first-order valence-corrected chi connectivity index (χ1v) is 5.06. The van der Waals surface area contributed by atoms with Crippen LogP contribution in [-0.2, 0) is 0 Å². The molecule has 0 saturated carbocycles. The molecule has 2 heterocycles. The van der Waals surface area contributed by atoms with Crippen molar-refractivity contribution in [2.24, 2.45) is 5.73 Å². The molecule has 3 N–H and O–H groups in total. The van der Waals surface area contributed by atoms with Crippen molar-refractivity contribution in [2.75, 3.05) is 6.54 Å². The third-order valence-electron chi connectivity index (χ3n) is 2.76. The fourth-order valence-electron chi connectivity index (χ4n) is 2.00.